The Labute approximate surface area is 191 Å². The van der Waals surface area contributed by atoms with Gasteiger partial charge in [-0.2, -0.15) is 0 Å². The average molecular weight is 524 g/mol. The zero-order valence-corrected chi connectivity index (χ0v) is 20.4. The number of rotatable bonds is 6. The number of nitrogens with one attached hydrogen (secondary N) is 1. The van der Waals surface area contributed by atoms with E-state index in [0.717, 1.165) is 71.3 Å². The Morgan fingerprint density at radius 2 is 2.03 bits per heavy atom. The summed E-state index contributed by atoms with van der Waals surface area (Å²) in [6.07, 6.45) is 2.97. The molecule has 2 fully saturated rings. The molecular formula is C20H37IN4O4. The van der Waals surface area contributed by atoms with Gasteiger partial charge in [0.1, 0.15) is 5.60 Å². The summed E-state index contributed by atoms with van der Waals surface area (Å²) in [6, 6.07) is 0.244. The predicted octanol–water partition coefficient (Wildman–Crippen LogP) is 2.32. The molecule has 0 saturated carbocycles. The average Bonchev–Trinajstić information content (AvgIpc) is 3.06. The van der Waals surface area contributed by atoms with Crippen molar-refractivity contribution in [1.29, 1.82) is 0 Å². The van der Waals surface area contributed by atoms with Crippen molar-refractivity contribution in [3.63, 3.8) is 0 Å². The lowest BCUT2D eigenvalue weighted by atomic mass is 10.0. The first-order chi connectivity index (χ1) is 13.4. The van der Waals surface area contributed by atoms with Crippen molar-refractivity contribution < 1.29 is 19.0 Å². The summed E-state index contributed by atoms with van der Waals surface area (Å²) in [4.78, 5) is 21.0. The zero-order chi connectivity index (χ0) is 20.0. The summed E-state index contributed by atoms with van der Waals surface area (Å²) in [7, 11) is 0. The van der Waals surface area contributed by atoms with Crippen molar-refractivity contribution in [1.82, 2.24) is 15.1 Å². The molecule has 0 bridgehead atoms. The molecule has 2 saturated heterocycles. The molecule has 29 heavy (non-hydrogen) atoms. The molecule has 1 atom stereocenters. The van der Waals surface area contributed by atoms with Crippen molar-refractivity contribution >= 4 is 36.0 Å². The fraction of sp³-hybridized carbons (Fsp3) is 0.900. The largest absolute Gasteiger partial charge is 0.444 e. The number of aliphatic imine (C=N–C) groups is 1. The molecule has 0 aromatic rings. The number of piperazine rings is 1. The summed E-state index contributed by atoms with van der Waals surface area (Å²) in [6.45, 7) is 12.8. The van der Waals surface area contributed by atoms with Gasteiger partial charge < -0.3 is 29.3 Å². The van der Waals surface area contributed by atoms with Gasteiger partial charge in [0.05, 0.1) is 12.6 Å². The number of nitrogens with zero attached hydrogens (tertiary/aromatic N) is 3. The van der Waals surface area contributed by atoms with Gasteiger partial charge in [-0.1, -0.05) is 0 Å². The number of amides is 1. The maximum absolute atomic E-state index is 12.3. The highest BCUT2D eigenvalue weighted by atomic mass is 127. The summed E-state index contributed by atoms with van der Waals surface area (Å²) in [5.74, 6) is 1.61. The van der Waals surface area contributed by atoms with Gasteiger partial charge in [-0.15, -0.1) is 24.0 Å². The topological polar surface area (TPSA) is 75.6 Å². The van der Waals surface area contributed by atoms with Crippen LogP contribution in [0.5, 0.6) is 0 Å². The Morgan fingerprint density at radius 1 is 1.28 bits per heavy atom. The number of halogens is 1. The van der Waals surface area contributed by atoms with E-state index >= 15 is 0 Å². The summed E-state index contributed by atoms with van der Waals surface area (Å²) in [5.41, 5.74) is -0.458. The standard InChI is InChI=1S/C20H36N4O4.HI/c1-20(2,3)28-19(25)23-8-9-24-17(14-23)13-22-18(24)21-7-4-10-27-15-16-5-11-26-12-6-16;/h16-17H,4-15H2,1-3H3,(H,21,22);1H. The number of fused-ring (bicyclic) bond motifs is 1. The third-order valence-corrected chi connectivity index (χ3v) is 5.30. The number of carbonyl (C=O) groups is 1. The van der Waals surface area contributed by atoms with Crippen LogP contribution < -0.4 is 5.32 Å². The number of hydrogen-bond donors (Lipinski definition) is 1. The number of guanidine groups is 1. The van der Waals surface area contributed by atoms with Crippen molar-refractivity contribution in [3.8, 4) is 0 Å². The molecule has 3 aliphatic rings. The highest BCUT2D eigenvalue weighted by Gasteiger charge is 2.36. The van der Waals surface area contributed by atoms with Gasteiger partial charge in [0.15, 0.2) is 5.96 Å². The van der Waals surface area contributed by atoms with Gasteiger partial charge in [-0.3, -0.25) is 4.99 Å². The second kappa shape index (κ2) is 11.5. The van der Waals surface area contributed by atoms with Crippen LogP contribution in [0.15, 0.2) is 4.99 Å². The molecule has 0 spiro atoms. The monoisotopic (exact) mass is 524 g/mol. The normalized spacial score (nSPS) is 22.6. The van der Waals surface area contributed by atoms with E-state index in [9.17, 15) is 4.79 Å². The van der Waals surface area contributed by atoms with Crippen LogP contribution in [0.1, 0.15) is 40.0 Å². The first-order valence-corrected chi connectivity index (χ1v) is 10.6. The number of ether oxygens (including phenoxy) is 3. The molecule has 1 N–H and O–H groups in total. The highest BCUT2D eigenvalue weighted by molar-refractivity contribution is 14.0. The van der Waals surface area contributed by atoms with Crippen molar-refractivity contribution in [2.75, 3.05) is 59.2 Å². The minimum atomic E-state index is -0.458. The molecule has 0 radical (unpaired) electrons. The minimum absolute atomic E-state index is 0. The molecule has 1 unspecified atom stereocenters. The van der Waals surface area contributed by atoms with Crippen molar-refractivity contribution in [2.24, 2.45) is 10.9 Å². The molecule has 3 aliphatic heterocycles. The fourth-order valence-corrected chi connectivity index (χ4v) is 3.76. The number of carbonyl (C=O) groups excluding carboxylic acids is 1. The van der Waals surface area contributed by atoms with Gasteiger partial charge in [0, 0.05) is 52.6 Å². The summed E-state index contributed by atoms with van der Waals surface area (Å²) < 4.78 is 16.7. The Bertz CT molecular complexity index is 549. The molecule has 3 rings (SSSR count). The predicted molar refractivity (Wildman–Crippen MR) is 123 cm³/mol. The van der Waals surface area contributed by atoms with E-state index in [1.165, 1.54) is 0 Å². The van der Waals surface area contributed by atoms with Crippen LogP contribution in [0, 0.1) is 5.92 Å². The quantitative estimate of drug-likeness (QED) is 0.425. The first-order valence-electron chi connectivity index (χ1n) is 10.6. The fourth-order valence-electron chi connectivity index (χ4n) is 3.76. The minimum Gasteiger partial charge on any atom is -0.444 e. The van der Waals surface area contributed by atoms with Gasteiger partial charge in [-0.25, -0.2) is 4.79 Å². The second-order valence-electron chi connectivity index (χ2n) is 8.85. The van der Waals surface area contributed by atoms with Crippen LogP contribution in [-0.4, -0.2) is 92.6 Å². The molecule has 0 aromatic heterocycles. The number of hydrogen-bond acceptors (Lipinski definition) is 7. The van der Waals surface area contributed by atoms with Crippen molar-refractivity contribution in [2.45, 2.75) is 51.7 Å². The lowest BCUT2D eigenvalue weighted by Gasteiger charge is -2.39. The van der Waals surface area contributed by atoms with Crippen molar-refractivity contribution in [3.05, 3.63) is 0 Å². The molecular weight excluding hydrogens is 487 g/mol. The van der Waals surface area contributed by atoms with E-state index in [1.54, 1.807) is 4.90 Å². The molecule has 0 aliphatic carbocycles. The lowest BCUT2D eigenvalue weighted by Crippen LogP contribution is -2.57. The van der Waals surface area contributed by atoms with E-state index in [0.29, 0.717) is 19.0 Å². The van der Waals surface area contributed by atoms with Crippen LogP contribution in [0.3, 0.4) is 0 Å². The molecule has 0 aromatic carbocycles. The van der Waals surface area contributed by atoms with Crippen LogP contribution >= 0.6 is 24.0 Å². The third kappa shape index (κ3) is 7.75. The van der Waals surface area contributed by atoms with E-state index < -0.39 is 5.60 Å². The van der Waals surface area contributed by atoms with E-state index in [-0.39, 0.29) is 36.1 Å². The van der Waals surface area contributed by atoms with Gasteiger partial charge in [0.2, 0.25) is 0 Å². The summed E-state index contributed by atoms with van der Waals surface area (Å²) in [5, 5.41) is 3.44. The molecule has 1 amide bonds. The maximum atomic E-state index is 12.3. The Morgan fingerprint density at radius 3 is 2.76 bits per heavy atom. The maximum Gasteiger partial charge on any atom is 0.410 e. The lowest BCUT2D eigenvalue weighted by molar-refractivity contribution is 0.0137. The molecule has 9 heteroatoms. The first kappa shape index (κ1) is 24.5. The van der Waals surface area contributed by atoms with Gasteiger partial charge in [0.25, 0.3) is 0 Å². The molecule has 3 heterocycles. The Hall–Kier alpha value is -0.810. The Balaban J connectivity index is 0.00000300. The van der Waals surface area contributed by atoms with Crippen LogP contribution in [0.25, 0.3) is 0 Å². The van der Waals surface area contributed by atoms with E-state index in [4.69, 9.17) is 14.2 Å². The van der Waals surface area contributed by atoms with Crippen LogP contribution in [0.4, 0.5) is 4.79 Å². The smallest absolute Gasteiger partial charge is 0.410 e. The second-order valence-corrected chi connectivity index (χ2v) is 8.85. The van der Waals surface area contributed by atoms with E-state index in [2.05, 4.69) is 15.2 Å². The zero-order valence-electron chi connectivity index (χ0n) is 18.0. The summed E-state index contributed by atoms with van der Waals surface area (Å²) >= 11 is 0. The van der Waals surface area contributed by atoms with E-state index in [1.807, 2.05) is 20.8 Å². The Kier molecular flexibility index (Phi) is 9.74. The van der Waals surface area contributed by atoms with Gasteiger partial charge >= 0.3 is 6.09 Å². The highest BCUT2D eigenvalue weighted by Crippen LogP contribution is 2.18. The van der Waals surface area contributed by atoms with Crippen LogP contribution in [-0.2, 0) is 14.2 Å². The SMILES string of the molecule is CC(C)(C)OC(=O)N1CCN2C(NCCCOCC3CCOCC3)=NCC2C1.I. The molecule has 168 valence electrons. The van der Waals surface area contributed by atoms with Crippen LogP contribution in [0.2, 0.25) is 0 Å². The third-order valence-electron chi connectivity index (χ3n) is 5.30. The molecule has 8 nitrogen and oxygen atoms in total. The van der Waals surface area contributed by atoms with Gasteiger partial charge in [-0.05, 0) is 46.0 Å².